The van der Waals surface area contributed by atoms with Gasteiger partial charge in [0.1, 0.15) is 35.9 Å². The van der Waals surface area contributed by atoms with Crippen molar-refractivity contribution in [2.45, 2.75) is 37.6 Å². The second-order valence-electron chi connectivity index (χ2n) is 7.70. The van der Waals surface area contributed by atoms with Gasteiger partial charge in [-0.15, -0.1) is 5.10 Å². The summed E-state index contributed by atoms with van der Waals surface area (Å²) < 4.78 is 12.6. The van der Waals surface area contributed by atoms with Crippen LogP contribution in [-0.4, -0.2) is 83.8 Å². The molecule has 2 heterocycles. The summed E-state index contributed by atoms with van der Waals surface area (Å²) in [4.78, 5) is 11.2. The van der Waals surface area contributed by atoms with Gasteiger partial charge in [0.15, 0.2) is 0 Å². The first-order chi connectivity index (χ1) is 15.8. The monoisotopic (exact) mass is 457 g/mol. The van der Waals surface area contributed by atoms with Crippen molar-refractivity contribution in [3.8, 4) is 22.7 Å². The van der Waals surface area contributed by atoms with Crippen molar-refractivity contribution in [3.05, 3.63) is 59.8 Å². The van der Waals surface area contributed by atoms with Crippen molar-refractivity contribution in [1.29, 1.82) is 0 Å². The number of benzene rings is 2. The maximum atomic E-state index is 11.2. The van der Waals surface area contributed by atoms with E-state index in [2.05, 4.69) is 10.3 Å². The molecule has 0 unspecified atom stereocenters. The highest BCUT2D eigenvalue weighted by molar-refractivity contribution is 5.89. The molecule has 3 aromatic rings. The molecule has 33 heavy (non-hydrogen) atoms. The molecule has 0 spiro atoms. The van der Waals surface area contributed by atoms with Gasteiger partial charge in [-0.2, -0.15) is 0 Å². The standard InChI is InChI=1S/C22H23N3O8/c1-11-7-14(25-9-15(23-24-25)12-3-2-4-13(8-12)21(30)31)5-6-16(11)32-22-20(29)19(28)18(27)17(10-26)33-22/h2-9,17-20,22,26-29H,10H2,1H3,(H,30,31)/t17-,18-,19+,20+,22+/m1/s1. The van der Waals surface area contributed by atoms with E-state index in [0.717, 1.165) is 0 Å². The van der Waals surface area contributed by atoms with Crippen molar-refractivity contribution >= 4 is 5.97 Å². The average molecular weight is 457 g/mol. The predicted molar refractivity (Wildman–Crippen MR) is 113 cm³/mol. The minimum atomic E-state index is -1.53. The lowest BCUT2D eigenvalue weighted by atomic mass is 9.99. The number of aryl methyl sites for hydroxylation is 1. The summed E-state index contributed by atoms with van der Waals surface area (Å²) >= 11 is 0. The summed E-state index contributed by atoms with van der Waals surface area (Å²) in [5, 5.41) is 56.7. The maximum absolute atomic E-state index is 11.2. The molecule has 174 valence electrons. The number of rotatable bonds is 6. The molecule has 0 radical (unpaired) electrons. The Labute approximate surface area is 188 Å². The Morgan fingerprint density at radius 2 is 1.91 bits per heavy atom. The third kappa shape index (κ3) is 4.58. The summed E-state index contributed by atoms with van der Waals surface area (Å²) in [5.41, 5.74) is 2.57. The molecule has 0 saturated carbocycles. The van der Waals surface area contributed by atoms with Crippen LogP contribution in [0.5, 0.6) is 5.75 Å². The number of aliphatic hydroxyl groups excluding tert-OH is 4. The van der Waals surface area contributed by atoms with Crippen LogP contribution in [0.4, 0.5) is 0 Å². The molecular weight excluding hydrogens is 434 g/mol. The highest BCUT2D eigenvalue weighted by Crippen LogP contribution is 2.28. The van der Waals surface area contributed by atoms with Gasteiger partial charge in [0.05, 0.1) is 24.1 Å². The SMILES string of the molecule is Cc1cc(-n2cc(-c3cccc(C(=O)O)c3)nn2)ccc1O[C@H]1O[C@H](CO)[C@@H](O)[C@H](O)[C@@H]1O. The van der Waals surface area contributed by atoms with E-state index in [0.29, 0.717) is 28.3 Å². The molecule has 0 bridgehead atoms. The number of aromatic carboxylic acids is 1. The van der Waals surface area contributed by atoms with E-state index >= 15 is 0 Å². The molecule has 11 nitrogen and oxygen atoms in total. The van der Waals surface area contributed by atoms with Gasteiger partial charge >= 0.3 is 5.97 Å². The topological polar surface area (TPSA) is 167 Å². The van der Waals surface area contributed by atoms with E-state index in [4.69, 9.17) is 14.6 Å². The molecule has 1 aliphatic rings. The normalized spacial score (nSPS) is 25.1. The first-order valence-electron chi connectivity index (χ1n) is 10.1. The molecule has 1 saturated heterocycles. The number of aliphatic hydroxyl groups is 4. The zero-order valence-electron chi connectivity index (χ0n) is 17.5. The number of carbonyl (C=O) groups is 1. The molecule has 5 atom stereocenters. The van der Waals surface area contributed by atoms with Gasteiger partial charge in [0.2, 0.25) is 6.29 Å². The van der Waals surface area contributed by atoms with Crippen molar-refractivity contribution < 1.29 is 39.8 Å². The van der Waals surface area contributed by atoms with Gasteiger partial charge in [-0.3, -0.25) is 0 Å². The van der Waals surface area contributed by atoms with Gasteiger partial charge in [0, 0.05) is 5.56 Å². The molecule has 0 aliphatic carbocycles. The number of carboxylic acid groups (broad SMARTS) is 1. The van der Waals surface area contributed by atoms with Crippen molar-refractivity contribution in [1.82, 2.24) is 15.0 Å². The number of ether oxygens (including phenoxy) is 2. The van der Waals surface area contributed by atoms with Crippen LogP contribution in [0, 0.1) is 6.92 Å². The summed E-state index contributed by atoms with van der Waals surface area (Å²) in [6.45, 7) is 1.21. The predicted octanol–water partition coefficient (Wildman–Crippen LogP) is 0.120. The van der Waals surface area contributed by atoms with E-state index in [1.807, 2.05) is 0 Å². The molecule has 1 aromatic heterocycles. The lowest BCUT2D eigenvalue weighted by molar-refractivity contribution is -0.277. The molecule has 0 amide bonds. The quantitative estimate of drug-likeness (QED) is 0.343. The lowest BCUT2D eigenvalue weighted by Gasteiger charge is -2.39. The smallest absolute Gasteiger partial charge is 0.335 e. The fourth-order valence-electron chi connectivity index (χ4n) is 3.53. The number of hydrogen-bond donors (Lipinski definition) is 5. The largest absolute Gasteiger partial charge is 0.478 e. The van der Waals surface area contributed by atoms with Gasteiger partial charge < -0.3 is 35.0 Å². The molecule has 4 rings (SSSR count). The highest BCUT2D eigenvalue weighted by atomic mass is 16.7. The lowest BCUT2D eigenvalue weighted by Crippen LogP contribution is -2.60. The van der Waals surface area contributed by atoms with Crippen LogP contribution in [0.3, 0.4) is 0 Å². The summed E-state index contributed by atoms with van der Waals surface area (Å²) in [6, 6.07) is 11.5. The van der Waals surface area contributed by atoms with Crippen LogP contribution in [0.15, 0.2) is 48.7 Å². The zero-order valence-corrected chi connectivity index (χ0v) is 17.5. The average Bonchev–Trinajstić information content (AvgIpc) is 3.31. The number of hydrogen-bond acceptors (Lipinski definition) is 9. The van der Waals surface area contributed by atoms with E-state index in [-0.39, 0.29) is 5.56 Å². The third-order valence-corrected chi connectivity index (χ3v) is 5.41. The van der Waals surface area contributed by atoms with Gasteiger partial charge in [-0.1, -0.05) is 17.3 Å². The van der Waals surface area contributed by atoms with E-state index in [9.17, 15) is 25.2 Å². The van der Waals surface area contributed by atoms with Crippen LogP contribution in [0.2, 0.25) is 0 Å². The summed E-state index contributed by atoms with van der Waals surface area (Å²) in [7, 11) is 0. The molecule has 11 heteroatoms. The first-order valence-corrected chi connectivity index (χ1v) is 10.1. The third-order valence-electron chi connectivity index (χ3n) is 5.41. The van der Waals surface area contributed by atoms with Crippen LogP contribution < -0.4 is 4.74 Å². The number of aromatic nitrogens is 3. The van der Waals surface area contributed by atoms with Crippen molar-refractivity contribution in [2.75, 3.05) is 6.61 Å². The molecular formula is C22H23N3O8. The Hall–Kier alpha value is -3.35. The second kappa shape index (κ2) is 9.25. The fourth-order valence-corrected chi connectivity index (χ4v) is 3.53. The Balaban J connectivity index is 1.53. The molecule has 2 aromatic carbocycles. The van der Waals surface area contributed by atoms with Gasteiger partial charge in [0.25, 0.3) is 0 Å². The number of nitrogens with zero attached hydrogens (tertiary/aromatic N) is 3. The second-order valence-corrected chi connectivity index (χ2v) is 7.70. The van der Waals surface area contributed by atoms with Crippen LogP contribution in [0.25, 0.3) is 16.9 Å². The molecule has 5 N–H and O–H groups in total. The van der Waals surface area contributed by atoms with Crippen molar-refractivity contribution in [3.63, 3.8) is 0 Å². The zero-order chi connectivity index (χ0) is 23.7. The van der Waals surface area contributed by atoms with E-state index in [1.54, 1.807) is 43.5 Å². The fraction of sp³-hybridized carbons (Fsp3) is 0.318. The Kier molecular flexibility index (Phi) is 6.40. The van der Waals surface area contributed by atoms with Gasteiger partial charge in [-0.25, -0.2) is 9.48 Å². The minimum absolute atomic E-state index is 0.146. The van der Waals surface area contributed by atoms with Crippen molar-refractivity contribution in [2.24, 2.45) is 0 Å². The van der Waals surface area contributed by atoms with Crippen LogP contribution in [-0.2, 0) is 4.74 Å². The van der Waals surface area contributed by atoms with Crippen LogP contribution >= 0.6 is 0 Å². The maximum Gasteiger partial charge on any atom is 0.335 e. The highest BCUT2D eigenvalue weighted by Gasteiger charge is 2.44. The molecule has 1 fully saturated rings. The van der Waals surface area contributed by atoms with E-state index < -0.39 is 43.3 Å². The molecule has 1 aliphatic heterocycles. The summed E-state index contributed by atoms with van der Waals surface area (Å²) in [6.07, 6.45) is -5.21. The van der Waals surface area contributed by atoms with E-state index in [1.165, 1.54) is 16.8 Å². The summed E-state index contributed by atoms with van der Waals surface area (Å²) in [5.74, 6) is -0.674. The minimum Gasteiger partial charge on any atom is -0.478 e. The first kappa shape index (κ1) is 22.8. The Bertz CT molecular complexity index is 1150. The van der Waals surface area contributed by atoms with Gasteiger partial charge in [-0.05, 0) is 42.8 Å². The van der Waals surface area contributed by atoms with Crippen LogP contribution in [0.1, 0.15) is 15.9 Å². The number of carboxylic acids is 1. The Morgan fingerprint density at radius 3 is 2.61 bits per heavy atom. The Morgan fingerprint density at radius 1 is 1.12 bits per heavy atom.